The van der Waals surface area contributed by atoms with Gasteiger partial charge in [0, 0.05) is 51.3 Å². The number of ketones is 1. The van der Waals surface area contributed by atoms with E-state index in [-0.39, 0.29) is 42.6 Å². The molecule has 1 heterocycles. The third-order valence-electron chi connectivity index (χ3n) is 5.98. The van der Waals surface area contributed by atoms with Gasteiger partial charge in [-0.25, -0.2) is 12.8 Å². The Bertz CT molecular complexity index is 1620. The lowest BCUT2D eigenvalue weighted by Crippen LogP contribution is -2.22. The van der Waals surface area contributed by atoms with Crippen LogP contribution in [0, 0.1) is 12.7 Å². The molecule has 0 amide bonds. The first-order chi connectivity index (χ1) is 18.0. The number of carbonyl (C=O) groups is 1. The number of aromatic nitrogens is 1. The number of ether oxygens (including phenoxy) is 2. The number of H-pyrrole nitrogens is 1. The fourth-order valence-corrected chi connectivity index (χ4v) is 4.91. The third kappa shape index (κ3) is 6.52. The fourth-order valence-electron chi connectivity index (χ4n) is 4.08. The van der Waals surface area contributed by atoms with Crippen molar-refractivity contribution in [2.75, 3.05) is 31.9 Å². The van der Waals surface area contributed by atoms with Crippen LogP contribution in [0.15, 0.2) is 59.6 Å². The minimum absolute atomic E-state index is 0. The van der Waals surface area contributed by atoms with Gasteiger partial charge in [0.25, 0.3) is 0 Å². The summed E-state index contributed by atoms with van der Waals surface area (Å²) >= 11 is 6.19. The number of halogens is 2. The topological polar surface area (TPSA) is 118 Å². The van der Waals surface area contributed by atoms with Crippen LogP contribution in [-0.4, -0.2) is 50.9 Å². The number of carbonyl (C=O) groups excluding carboxylic acids is 1. The van der Waals surface area contributed by atoms with Crippen LogP contribution in [0.2, 0.25) is 5.02 Å². The minimum atomic E-state index is -3.60. The van der Waals surface area contributed by atoms with E-state index >= 15 is 0 Å². The second kappa shape index (κ2) is 12.1. The standard InChI is InChI=1S/C27H26ClFN2O6S.CH4/c1-15-8-21-22(14-30-24(21)13-23(15)29)27(33)26(20-5-4-16(28)9-25(20)37-7-6-32)31-17-10-18(36-2)12-19(11-17)38(3,34)35;/h4-5,8-14,26,30-32H,6-7H2,1-3H3;1H4. The van der Waals surface area contributed by atoms with E-state index in [1.807, 2.05) is 0 Å². The van der Waals surface area contributed by atoms with Crippen molar-refractivity contribution < 1.29 is 32.2 Å². The molecule has 0 aliphatic rings. The molecular weight excluding hydrogens is 547 g/mol. The van der Waals surface area contributed by atoms with Crippen molar-refractivity contribution in [3.63, 3.8) is 0 Å². The van der Waals surface area contributed by atoms with Gasteiger partial charge in [-0.05, 0) is 48.9 Å². The molecule has 208 valence electrons. The molecule has 3 N–H and O–H groups in total. The van der Waals surface area contributed by atoms with Crippen LogP contribution in [0.3, 0.4) is 0 Å². The molecule has 0 fully saturated rings. The number of hydrogen-bond donors (Lipinski definition) is 3. The van der Waals surface area contributed by atoms with Crippen molar-refractivity contribution in [2.24, 2.45) is 0 Å². The maximum Gasteiger partial charge on any atom is 0.191 e. The summed E-state index contributed by atoms with van der Waals surface area (Å²) in [7, 11) is -2.20. The first-order valence-corrected chi connectivity index (χ1v) is 13.8. The van der Waals surface area contributed by atoms with E-state index in [2.05, 4.69) is 10.3 Å². The Morgan fingerprint density at radius 2 is 1.92 bits per heavy atom. The van der Waals surface area contributed by atoms with Crippen LogP contribution in [0.5, 0.6) is 11.5 Å². The van der Waals surface area contributed by atoms with E-state index in [4.69, 9.17) is 21.1 Å². The molecule has 0 saturated carbocycles. The Morgan fingerprint density at radius 1 is 1.18 bits per heavy atom. The van der Waals surface area contributed by atoms with Crippen LogP contribution in [0.1, 0.15) is 35.0 Å². The monoisotopic (exact) mass is 576 g/mol. The third-order valence-corrected chi connectivity index (χ3v) is 7.31. The highest BCUT2D eigenvalue weighted by molar-refractivity contribution is 7.90. The van der Waals surface area contributed by atoms with Gasteiger partial charge >= 0.3 is 0 Å². The Hall–Kier alpha value is -3.60. The van der Waals surface area contributed by atoms with E-state index in [0.717, 1.165) is 6.26 Å². The number of anilines is 1. The van der Waals surface area contributed by atoms with Crippen molar-refractivity contribution in [1.82, 2.24) is 4.98 Å². The maximum atomic E-state index is 14.2. The zero-order valence-electron chi connectivity index (χ0n) is 20.8. The van der Waals surface area contributed by atoms with Gasteiger partial charge in [-0.15, -0.1) is 0 Å². The van der Waals surface area contributed by atoms with Crippen molar-refractivity contribution in [1.29, 1.82) is 0 Å². The first-order valence-electron chi connectivity index (χ1n) is 11.5. The molecule has 3 aromatic carbocycles. The van der Waals surface area contributed by atoms with E-state index in [1.165, 1.54) is 37.6 Å². The normalized spacial score (nSPS) is 12.1. The lowest BCUT2D eigenvalue weighted by molar-refractivity contribution is 0.0969. The summed E-state index contributed by atoms with van der Waals surface area (Å²) in [5.74, 6) is -0.282. The molecule has 0 radical (unpaired) electrons. The number of rotatable bonds is 10. The van der Waals surface area contributed by atoms with Gasteiger partial charge in [-0.2, -0.15) is 0 Å². The summed E-state index contributed by atoms with van der Waals surface area (Å²) in [6.07, 6.45) is 2.57. The summed E-state index contributed by atoms with van der Waals surface area (Å²) < 4.78 is 49.7. The second-order valence-corrected chi connectivity index (χ2v) is 11.2. The first kappa shape index (κ1) is 29.9. The molecule has 0 bridgehead atoms. The maximum absolute atomic E-state index is 14.2. The summed E-state index contributed by atoms with van der Waals surface area (Å²) in [5.41, 5.74) is 1.80. The Balaban J connectivity index is 0.00000420. The molecule has 0 spiro atoms. The number of aryl methyl sites for hydroxylation is 1. The molecule has 11 heteroatoms. The number of aromatic amines is 1. The van der Waals surface area contributed by atoms with Crippen molar-refractivity contribution in [2.45, 2.75) is 25.3 Å². The van der Waals surface area contributed by atoms with Gasteiger partial charge in [0.2, 0.25) is 0 Å². The zero-order valence-corrected chi connectivity index (χ0v) is 22.4. The van der Waals surface area contributed by atoms with Crippen molar-refractivity contribution >= 4 is 43.8 Å². The smallest absolute Gasteiger partial charge is 0.191 e. The summed E-state index contributed by atoms with van der Waals surface area (Å²) in [4.78, 5) is 17.0. The molecule has 0 aliphatic heterocycles. The highest BCUT2D eigenvalue weighted by Crippen LogP contribution is 2.36. The SMILES string of the molecule is C.COc1cc(NC(C(=O)c2c[nH]c3cc(F)c(C)cc23)c2ccc(Cl)cc2OCCO)cc(S(C)(=O)=O)c1. The molecule has 8 nitrogen and oxygen atoms in total. The lowest BCUT2D eigenvalue weighted by Gasteiger charge is -2.23. The zero-order chi connectivity index (χ0) is 27.6. The van der Waals surface area contributed by atoms with Crippen LogP contribution in [0.25, 0.3) is 10.9 Å². The van der Waals surface area contributed by atoms with Gasteiger partial charge in [0.15, 0.2) is 15.6 Å². The number of hydrogen-bond acceptors (Lipinski definition) is 7. The predicted octanol–water partition coefficient (Wildman–Crippen LogP) is 5.72. The molecule has 39 heavy (non-hydrogen) atoms. The summed E-state index contributed by atoms with van der Waals surface area (Å²) in [6, 6.07) is 10.9. The minimum Gasteiger partial charge on any atom is -0.497 e. The largest absolute Gasteiger partial charge is 0.497 e. The number of nitrogens with one attached hydrogen (secondary N) is 2. The summed E-state index contributed by atoms with van der Waals surface area (Å²) in [5, 5.41) is 13.3. The van der Waals surface area contributed by atoms with Crippen LogP contribution in [0.4, 0.5) is 10.1 Å². The number of benzene rings is 3. The predicted molar refractivity (Wildman–Crippen MR) is 151 cm³/mol. The Morgan fingerprint density at radius 3 is 2.59 bits per heavy atom. The quantitative estimate of drug-likeness (QED) is 0.207. The number of aliphatic hydroxyl groups excluding tert-OH is 1. The van der Waals surface area contributed by atoms with E-state index in [9.17, 15) is 22.7 Å². The molecule has 0 saturated heterocycles. The van der Waals surface area contributed by atoms with Gasteiger partial charge < -0.3 is 24.9 Å². The number of methoxy groups -OCH3 is 1. The molecule has 1 unspecified atom stereocenters. The highest BCUT2D eigenvalue weighted by Gasteiger charge is 2.28. The molecule has 1 aromatic heterocycles. The molecule has 0 aliphatic carbocycles. The Labute approximate surface area is 231 Å². The van der Waals surface area contributed by atoms with Gasteiger partial charge in [-0.1, -0.05) is 25.1 Å². The summed E-state index contributed by atoms with van der Waals surface area (Å²) in [6.45, 7) is 1.30. The van der Waals surface area contributed by atoms with E-state index < -0.39 is 27.5 Å². The number of fused-ring (bicyclic) bond motifs is 1. The van der Waals surface area contributed by atoms with Gasteiger partial charge in [-0.3, -0.25) is 4.79 Å². The second-order valence-electron chi connectivity index (χ2n) is 8.71. The average molecular weight is 577 g/mol. The van der Waals surface area contributed by atoms with Crippen LogP contribution < -0.4 is 14.8 Å². The Kier molecular flexibility index (Phi) is 9.26. The van der Waals surface area contributed by atoms with Crippen LogP contribution >= 0.6 is 11.6 Å². The molecule has 4 rings (SSSR count). The number of aliphatic hydroxyl groups is 1. The van der Waals surface area contributed by atoms with Gasteiger partial charge in [0.1, 0.15) is 30.0 Å². The molecule has 4 aromatic rings. The lowest BCUT2D eigenvalue weighted by atomic mass is 9.95. The van der Waals surface area contributed by atoms with Crippen LogP contribution in [-0.2, 0) is 9.84 Å². The fraction of sp³-hybridized carbons (Fsp3) is 0.250. The molecular formula is C28H30ClFN2O6S. The van der Waals surface area contributed by atoms with E-state index in [0.29, 0.717) is 32.7 Å². The van der Waals surface area contributed by atoms with Crippen molar-refractivity contribution in [3.8, 4) is 11.5 Å². The van der Waals surface area contributed by atoms with E-state index in [1.54, 1.807) is 31.2 Å². The average Bonchev–Trinajstić information content (AvgIpc) is 3.27. The number of Topliss-reactive ketones (excluding diaryl/α,β-unsaturated/α-hetero) is 1. The number of sulfone groups is 1. The van der Waals surface area contributed by atoms with Gasteiger partial charge in [0.05, 0.1) is 18.6 Å². The van der Waals surface area contributed by atoms with Crippen molar-refractivity contribution in [3.05, 3.63) is 82.3 Å². The molecule has 1 atom stereocenters. The highest BCUT2D eigenvalue weighted by atomic mass is 35.5.